The van der Waals surface area contributed by atoms with E-state index in [9.17, 15) is 0 Å². The molecule has 5 aromatic carbocycles. The van der Waals surface area contributed by atoms with E-state index in [0.29, 0.717) is 0 Å². The molecular formula is C40H28N2S. The molecule has 2 heterocycles. The Morgan fingerprint density at radius 3 is 2.23 bits per heavy atom. The van der Waals surface area contributed by atoms with Crippen LogP contribution in [0.3, 0.4) is 0 Å². The second-order valence-corrected chi connectivity index (χ2v) is 11.9. The molecule has 0 radical (unpaired) electrons. The summed E-state index contributed by atoms with van der Waals surface area (Å²) >= 11 is 1.82. The highest BCUT2D eigenvalue weighted by Crippen LogP contribution is 2.49. The van der Waals surface area contributed by atoms with Gasteiger partial charge in [-0.25, -0.2) is 0 Å². The van der Waals surface area contributed by atoms with Crippen LogP contribution in [-0.2, 0) is 0 Å². The van der Waals surface area contributed by atoms with E-state index in [1.54, 1.807) is 0 Å². The van der Waals surface area contributed by atoms with E-state index in [1.165, 1.54) is 53.2 Å². The molecule has 43 heavy (non-hydrogen) atoms. The molecule has 0 spiro atoms. The standard InChI is InChI=1S/C40H28N2S/c1-3-7-26(8-4-2)27-13-15-29(16-14-27)42(31-18-20-38-36(24-31)37-25-41-22-21-39(37)43-38)30-17-19-32-33-11-5-9-28-10-6-12-34(40(28)33)35(32)23-30/h3-25H,1H2,2H3/b8-4-,26-7+. The summed E-state index contributed by atoms with van der Waals surface area (Å²) in [5.74, 6) is 0. The lowest BCUT2D eigenvalue weighted by atomic mass is 10.0. The number of thiophene rings is 1. The molecule has 0 amide bonds. The zero-order valence-electron chi connectivity index (χ0n) is 23.8. The second kappa shape index (κ2) is 10.2. The summed E-state index contributed by atoms with van der Waals surface area (Å²) in [4.78, 5) is 6.81. The topological polar surface area (TPSA) is 16.1 Å². The molecule has 8 rings (SSSR count). The van der Waals surface area contributed by atoms with Gasteiger partial charge in [-0.05, 0) is 99.6 Å². The molecule has 1 aliphatic rings. The maximum atomic E-state index is 4.44. The minimum atomic E-state index is 1.10. The van der Waals surface area contributed by atoms with Gasteiger partial charge in [0.15, 0.2) is 0 Å². The van der Waals surface area contributed by atoms with E-state index in [2.05, 4.69) is 138 Å². The number of nitrogens with zero attached hydrogens (tertiary/aromatic N) is 2. The van der Waals surface area contributed by atoms with Crippen LogP contribution >= 0.6 is 11.3 Å². The number of benzene rings is 5. The van der Waals surface area contributed by atoms with E-state index in [-0.39, 0.29) is 0 Å². The van der Waals surface area contributed by atoms with Gasteiger partial charge in [0.25, 0.3) is 0 Å². The lowest BCUT2D eigenvalue weighted by Crippen LogP contribution is -2.10. The Balaban J connectivity index is 1.32. The third kappa shape index (κ3) is 4.12. The summed E-state index contributed by atoms with van der Waals surface area (Å²) in [6.45, 7) is 5.95. The third-order valence-corrected chi connectivity index (χ3v) is 9.51. The number of allylic oxidation sites excluding steroid dienone is 5. The van der Waals surface area contributed by atoms with Gasteiger partial charge in [-0.15, -0.1) is 11.3 Å². The lowest BCUT2D eigenvalue weighted by molar-refractivity contribution is 1.29. The van der Waals surface area contributed by atoms with E-state index < -0.39 is 0 Å². The number of anilines is 3. The monoisotopic (exact) mass is 568 g/mol. The van der Waals surface area contributed by atoms with Crippen molar-refractivity contribution in [3.05, 3.63) is 152 Å². The predicted octanol–water partition coefficient (Wildman–Crippen LogP) is 11.9. The van der Waals surface area contributed by atoms with Crippen molar-refractivity contribution in [2.45, 2.75) is 6.92 Å². The summed E-state index contributed by atoms with van der Waals surface area (Å²) in [6.07, 6.45) is 11.9. The maximum Gasteiger partial charge on any atom is 0.0468 e. The highest BCUT2D eigenvalue weighted by molar-refractivity contribution is 7.25. The van der Waals surface area contributed by atoms with Crippen LogP contribution in [0.1, 0.15) is 12.5 Å². The Hall–Kier alpha value is -5.25. The molecule has 0 aliphatic heterocycles. The van der Waals surface area contributed by atoms with Gasteiger partial charge in [0.1, 0.15) is 0 Å². The van der Waals surface area contributed by atoms with Crippen LogP contribution in [0.2, 0.25) is 0 Å². The van der Waals surface area contributed by atoms with Crippen molar-refractivity contribution >= 4 is 64.9 Å². The summed E-state index contributed by atoms with van der Waals surface area (Å²) < 4.78 is 2.52. The van der Waals surface area contributed by atoms with Crippen molar-refractivity contribution in [3.63, 3.8) is 0 Å². The zero-order valence-corrected chi connectivity index (χ0v) is 24.6. The molecule has 204 valence electrons. The van der Waals surface area contributed by atoms with Gasteiger partial charge in [0, 0.05) is 49.6 Å². The first kappa shape index (κ1) is 25.5. The molecular weight excluding hydrogens is 541 g/mol. The molecule has 2 aromatic heterocycles. The van der Waals surface area contributed by atoms with Crippen LogP contribution in [0.4, 0.5) is 17.1 Å². The number of fused-ring (bicyclic) bond motifs is 6. The number of hydrogen-bond acceptors (Lipinski definition) is 3. The average molecular weight is 569 g/mol. The first-order valence-electron chi connectivity index (χ1n) is 14.5. The Bertz CT molecular complexity index is 2260. The zero-order chi connectivity index (χ0) is 28.9. The van der Waals surface area contributed by atoms with Gasteiger partial charge in [-0.2, -0.15) is 0 Å². The van der Waals surface area contributed by atoms with Gasteiger partial charge in [0.2, 0.25) is 0 Å². The van der Waals surface area contributed by atoms with E-state index >= 15 is 0 Å². The van der Waals surface area contributed by atoms with Crippen molar-refractivity contribution in [2.24, 2.45) is 0 Å². The maximum absolute atomic E-state index is 4.44. The van der Waals surface area contributed by atoms with Crippen LogP contribution < -0.4 is 4.90 Å². The van der Waals surface area contributed by atoms with Gasteiger partial charge >= 0.3 is 0 Å². The van der Waals surface area contributed by atoms with Gasteiger partial charge in [-0.1, -0.05) is 85.5 Å². The molecule has 1 aliphatic carbocycles. The number of hydrogen-bond donors (Lipinski definition) is 0. The van der Waals surface area contributed by atoms with Crippen molar-refractivity contribution in [3.8, 4) is 22.3 Å². The fraction of sp³-hybridized carbons (Fsp3) is 0.0250. The fourth-order valence-corrected chi connectivity index (χ4v) is 7.52. The fourth-order valence-electron chi connectivity index (χ4n) is 6.47. The molecule has 3 heteroatoms. The number of pyridine rings is 1. The summed E-state index contributed by atoms with van der Waals surface area (Å²) in [7, 11) is 0. The van der Waals surface area contributed by atoms with Crippen LogP contribution in [-0.4, -0.2) is 4.98 Å². The summed E-state index contributed by atoms with van der Waals surface area (Å²) in [5.41, 5.74) is 10.8. The largest absolute Gasteiger partial charge is 0.310 e. The molecule has 0 fully saturated rings. The quantitative estimate of drug-likeness (QED) is 0.185. The van der Waals surface area contributed by atoms with E-state index in [4.69, 9.17) is 0 Å². The minimum absolute atomic E-state index is 1.10. The highest BCUT2D eigenvalue weighted by atomic mass is 32.1. The summed E-state index contributed by atoms with van der Waals surface area (Å²) in [5, 5.41) is 5.06. The lowest BCUT2D eigenvalue weighted by Gasteiger charge is -2.26. The van der Waals surface area contributed by atoms with Crippen LogP contribution in [0.15, 0.2) is 146 Å². The number of aromatic nitrogens is 1. The minimum Gasteiger partial charge on any atom is -0.310 e. The molecule has 2 nitrogen and oxygen atoms in total. The van der Waals surface area contributed by atoms with E-state index in [1.807, 2.05) is 36.7 Å². The normalized spacial score (nSPS) is 12.4. The summed E-state index contributed by atoms with van der Waals surface area (Å²) in [6, 6.07) is 37.9. The first-order chi connectivity index (χ1) is 21.2. The van der Waals surface area contributed by atoms with Crippen molar-refractivity contribution in [2.75, 3.05) is 4.90 Å². The molecule has 0 unspecified atom stereocenters. The molecule has 0 N–H and O–H groups in total. The predicted molar refractivity (Wildman–Crippen MR) is 187 cm³/mol. The molecule has 0 saturated heterocycles. The third-order valence-electron chi connectivity index (χ3n) is 8.36. The van der Waals surface area contributed by atoms with Crippen molar-refractivity contribution in [1.29, 1.82) is 0 Å². The van der Waals surface area contributed by atoms with Crippen LogP contribution in [0, 0.1) is 0 Å². The number of rotatable bonds is 6. The first-order valence-corrected chi connectivity index (χ1v) is 15.3. The van der Waals surface area contributed by atoms with Crippen molar-refractivity contribution in [1.82, 2.24) is 4.98 Å². The average Bonchev–Trinajstić information content (AvgIpc) is 3.58. The van der Waals surface area contributed by atoms with Crippen LogP contribution in [0.25, 0.3) is 58.8 Å². The molecule has 0 bridgehead atoms. The van der Waals surface area contributed by atoms with Crippen LogP contribution in [0.5, 0.6) is 0 Å². The Morgan fingerprint density at radius 1 is 0.721 bits per heavy atom. The van der Waals surface area contributed by atoms with Gasteiger partial charge in [0.05, 0.1) is 0 Å². The molecule has 0 saturated carbocycles. The molecule has 7 aromatic rings. The smallest absolute Gasteiger partial charge is 0.0468 e. The Kier molecular flexibility index (Phi) is 6.06. The molecule has 0 atom stereocenters. The SMILES string of the molecule is C=C/C=C(\C=C/C)c1ccc(N(c2ccc3c(c2)-c2cccc4cccc-3c24)c2ccc3sc4ccncc4c3c2)cc1. The van der Waals surface area contributed by atoms with E-state index in [0.717, 1.165) is 28.2 Å². The van der Waals surface area contributed by atoms with Gasteiger partial charge < -0.3 is 4.90 Å². The highest BCUT2D eigenvalue weighted by Gasteiger charge is 2.23. The van der Waals surface area contributed by atoms with Gasteiger partial charge in [-0.3, -0.25) is 4.98 Å². The second-order valence-electron chi connectivity index (χ2n) is 10.8. The Labute approximate surface area is 255 Å². The Morgan fingerprint density at radius 2 is 1.44 bits per heavy atom. The van der Waals surface area contributed by atoms with Crippen molar-refractivity contribution < 1.29 is 0 Å².